The van der Waals surface area contributed by atoms with Gasteiger partial charge in [0.2, 0.25) is 11.1 Å². The SMILES string of the molecule is COCCNC(=O)NC(=O)CSc1nnnn1-c1ccccc1. The fraction of sp³-hybridized carbons (Fsp3) is 0.308. The average Bonchev–Trinajstić information content (AvgIpc) is 3.02. The number of imide groups is 1. The van der Waals surface area contributed by atoms with E-state index in [2.05, 4.69) is 26.2 Å². The molecule has 0 fully saturated rings. The monoisotopic (exact) mass is 336 g/mol. The maximum absolute atomic E-state index is 11.7. The fourth-order valence-corrected chi connectivity index (χ4v) is 2.29. The van der Waals surface area contributed by atoms with Crippen LogP contribution in [0.3, 0.4) is 0 Å². The first-order valence-electron chi connectivity index (χ1n) is 6.74. The highest BCUT2D eigenvalue weighted by Gasteiger charge is 2.12. The molecule has 0 radical (unpaired) electrons. The second-order valence-electron chi connectivity index (χ2n) is 4.29. The van der Waals surface area contributed by atoms with Gasteiger partial charge in [-0.2, -0.15) is 4.68 Å². The lowest BCUT2D eigenvalue weighted by Crippen LogP contribution is -2.41. The Balaban J connectivity index is 1.84. The van der Waals surface area contributed by atoms with E-state index in [4.69, 9.17) is 4.74 Å². The summed E-state index contributed by atoms with van der Waals surface area (Å²) in [4.78, 5) is 23.2. The molecule has 1 aromatic carbocycles. The van der Waals surface area contributed by atoms with Gasteiger partial charge in [-0.25, -0.2) is 4.79 Å². The third-order valence-electron chi connectivity index (χ3n) is 2.62. The van der Waals surface area contributed by atoms with Gasteiger partial charge in [-0.1, -0.05) is 30.0 Å². The molecule has 0 bridgehead atoms. The second-order valence-corrected chi connectivity index (χ2v) is 5.24. The molecule has 2 aromatic rings. The fourth-order valence-electron chi connectivity index (χ4n) is 1.60. The molecule has 1 aromatic heterocycles. The molecule has 23 heavy (non-hydrogen) atoms. The first-order chi connectivity index (χ1) is 11.2. The van der Waals surface area contributed by atoms with Gasteiger partial charge in [0, 0.05) is 13.7 Å². The molecular formula is C13H16N6O3S. The molecule has 0 unspecified atom stereocenters. The molecule has 1 heterocycles. The molecular weight excluding hydrogens is 320 g/mol. The first kappa shape index (κ1) is 16.9. The zero-order chi connectivity index (χ0) is 16.5. The molecule has 3 amide bonds. The molecule has 10 heteroatoms. The molecule has 0 aliphatic carbocycles. The highest BCUT2D eigenvalue weighted by molar-refractivity contribution is 7.99. The molecule has 122 valence electrons. The van der Waals surface area contributed by atoms with Crippen molar-refractivity contribution in [2.45, 2.75) is 5.16 Å². The minimum Gasteiger partial charge on any atom is -0.383 e. The topological polar surface area (TPSA) is 111 Å². The molecule has 2 N–H and O–H groups in total. The summed E-state index contributed by atoms with van der Waals surface area (Å²) in [5, 5.41) is 16.5. The molecule has 9 nitrogen and oxygen atoms in total. The van der Waals surface area contributed by atoms with Crippen molar-refractivity contribution in [1.29, 1.82) is 0 Å². The average molecular weight is 336 g/mol. The zero-order valence-electron chi connectivity index (χ0n) is 12.4. The van der Waals surface area contributed by atoms with Gasteiger partial charge in [-0.15, -0.1) is 5.10 Å². The van der Waals surface area contributed by atoms with Crippen LogP contribution in [-0.2, 0) is 9.53 Å². The maximum atomic E-state index is 11.7. The Morgan fingerprint density at radius 2 is 2.09 bits per heavy atom. The molecule has 0 saturated carbocycles. The Morgan fingerprint density at radius 1 is 1.30 bits per heavy atom. The number of thioether (sulfide) groups is 1. The van der Waals surface area contributed by atoms with Crippen LogP contribution in [0.4, 0.5) is 4.79 Å². The van der Waals surface area contributed by atoms with E-state index in [1.54, 1.807) is 0 Å². The minimum absolute atomic E-state index is 0.0188. The summed E-state index contributed by atoms with van der Waals surface area (Å²) in [6.07, 6.45) is 0. The summed E-state index contributed by atoms with van der Waals surface area (Å²) in [6, 6.07) is 8.75. The van der Waals surface area contributed by atoms with E-state index in [0.717, 1.165) is 17.4 Å². The van der Waals surface area contributed by atoms with Crippen LogP contribution in [0.2, 0.25) is 0 Å². The zero-order valence-corrected chi connectivity index (χ0v) is 13.2. The number of rotatable bonds is 7. The summed E-state index contributed by atoms with van der Waals surface area (Å²) >= 11 is 1.14. The van der Waals surface area contributed by atoms with E-state index >= 15 is 0 Å². The summed E-state index contributed by atoms with van der Waals surface area (Å²) in [7, 11) is 1.53. The van der Waals surface area contributed by atoms with E-state index in [0.29, 0.717) is 18.3 Å². The van der Waals surface area contributed by atoms with E-state index < -0.39 is 11.9 Å². The number of para-hydroxylation sites is 1. The van der Waals surface area contributed by atoms with E-state index in [-0.39, 0.29) is 5.75 Å². The third kappa shape index (κ3) is 5.34. The van der Waals surface area contributed by atoms with Crippen LogP contribution in [0.25, 0.3) is 5.69 Å². The van der Waals surface area contributed by atoms with Gasteiger partial charge in [-0.05, 0) is 22.6 Å². The lowest BCUT2D eigenvalue weighted by Gasteiger charge is -2.06. The number of carbonyl (C=O) groups is 2. The van der Waals surface area contributed by atoms with Gasteiger partial charge in [-0.3, -0.25) is 10.1 Å². The predicted molar refractivity (Wildman–Crippen MR) is 83.3 cm³/mol. The van der Waals surface area contributed by atoms with Crippen molar-refractivity contribution in [1.82, 2.24) is 30.8 Å². The number of methoxy groups -OCH3 is 1. The highest BCUT2D eigenvalue weighted by Crippen LogP contribution is 2.17. The van der Waals surface area contributed by atoms with Crippen molar-refractivity contribution >= 4 is 23.7 Å². The van der Waals surface area contributed by atoms with Gasteiger partial charge in [0.1, 0.15) is 0 Å². The number of carbonyl (C=O) groups excluding carboxylic acids is 2. The summed E-state index contributed by atoms with van der Waals surface area (Å²) in [6.45, 7) is 0.706. The predicted octanol–water partition coefficient (Wildman–Crippen LogP) is 0.227. The lowest BCUT2D eigenvalue weighted by molar-refractivity contribution is -0.117. The Morgan fingerprint density at radius 3 is 2.83 bits per heavy atom. The Hall–Kier alpha value is -2.46. The smallest absolute Gasteiger partial charge is 0.321 e. The molecule has 0 aliphatic heterocycles. The van der Waals surface area contributed by atoms with Gasteiger partial charge in [0.25, 0.3) is 0 Å². The Labute approximate surface area is 136 Å². The summed E-state index contributed by atoms with van der Waals surface area (Å²) in [5.74, 6) is -0.419. The lowest BCUT2D eigenvalue weighted by atomic mass is 10.3. The number of hydrogen-bond acceptors (Lipinski definition) is 7. The van der Waals surface area contributed by atoms with Gasteiger partial charge in [0.05, 0.1) is 18.0 Å². The van der Waals surface area contributed by atoms with E-state index in [1.807, 2.05) is 30.3 Å². The van der Waals surface area contributed by atoms with E-state index in [9.17, 15) is 9.59 Å². The molecule has 2 rings (SSSR count). The van der Waals surface area contributed by atoms with Crippen LogP contribution in [0.1, 0.15) is 0 Å². The van der Waals surface area contributed by atoms with Crippen molar-refractivity contribution in [3.8, 4) is 5.69 Å². The maximum Gasteiger partial charge on any atom is 0.321 e. The van der Waals surface area contributed by atoms with Crippen LogP contribution in [0, 0.1) is 0 Å². The van der Waals surface area contributed by atoms with Crippen molar-refractivity contribution in [2.75, 3.05) is 26.0 Å². The number of aromatic nitrogens is 4. The standard InChI is InChI=1S/C13H16N6O3S/c1-22-8-7-14-12(21)15-11(20)9-23-13-16-17-18-19(13)10-5-3-2-4-6-10/h2-6H,7-9H2,1H3,(H2,14,15,20,21). The second kappa shape index (κ2) is 8.86. The number of hydrogen-bond donors (Lipinski definition) is 2. The highest BCUT2D eigenvalue weighted by atomic mass is 32.2. The minimum atomic E-state index is -0.560. The number of benzene rings is 1. The number of tetrazole rings is 1. The molecule has 0 atom stereocenters. The number of urea groups is 1. The molecule has 0 aliphatic rings. The Kier molecular flexibility index (Phi) is 6.51. The Bertz CT molecular complexity index is 648. The van der Waals surface area contributed by atoms with Crippen molar-refractivity contribution < 1.29 is 14.3 Å². The van der Waals surface area contributed by atoms with Crippen molar-refractivity contribution in [2.24, 2.45) is 0 Å². The quantitative estimate of drug-likeness (QED) is 0.550. The van der Waals surface area contributed by atoms with Crippen LogP contribution < -0.4 is 10.6 Å². The first-order valence-corrected chi connectivity index (χ1v) is 7.72. The van der Waals surface area contributed by atoms with Gasteiger partial charge in [0.15, 0.2) is 0 Å². The number of ether oxygens (including phenoxy) is 1. The van der Waals surface area contributed by atoms with Crippen molar-refractivity contribution in [3.05, 3.63) is 30.3 Å². The number of nitrogens with zero attached hydrogens (tertiary/aromatic N) is 4. The molecule has 0 spiro atoms. The van der Waals surface area contributed by atoms with Gasteiger partial charge >= 0.3 is 6.03 Å². The number of amides is 3. The van der Waals surface area contributed by atoms with Crippen LogP contribution >= 0.6 is 11.8 Å². The van der Waals surface area contributed by atoms with Gasteiger partial charge < -0.3 is 10.1 Å². The van der Waals surface area contributed by atoms with Crippen LogP contribution in [0.15, 0.2) is 35.5 Å². The largest absolute Gasteiger partial charge is 0.383 e. The normalized spacial score (nSPS) is 10.3. The summed E-state index contributed by atoms with van der Waals surface area (Å²) < 4.78 is 6.32. The van der Waals surface area contributed by atoms with Crippen molar-refractivity contribution in [3.63, 3.8) is 0 Å². The van der Waals surface area contributed by atoms with E-state index in [1.165, 1.54) is 11.8 Å². The third-order valence-corrected chi connectivity index (χ3v) is 3.54. The number of nitrogens with one attached hydrogen (secondary N) is 2. The summed E-state index contributed by atoms with van der Waals surface area (Å²) in [5.41, 5.74) is 0.790. The van der Waals surface area contributed by atoms with Crippen LogP contribution in [-0.4, -0.2) is 58.2 Å². The molecule has 0 saturated heterocycles. The van der Waals surface area contributed by atoms with Crippen LogP contribution in [0.5, 0.6) is 0 Å².